The number of aryl methyl sites for hydroxylation is 1. The van der Waals surface area contributed by atoms with Gasteiger partial charge in [-0.05, 0) is 35.9 Å². The summed E-state index contributed by atoms with van der Waals surface area (Å²) in [6.07, 6.45) is 1.51. The molecule has 4 aromatic rings. The monoisotopic (exact) mass is 405 g/mol. The molecule has 2 heterocycles. The fraction of sp³-hybridized carbons (Fsp3) is 0.0435. The summed E-state index contributed by atoms with van der Waals surface area (Å²) in [6.45, 7) is 0. The summed E-state index contributed by atoms with van der Waals surface area (Å²) < 4.78 is 30.1. The van der Waals surface area contributed by atoms with Gasteiger partial charge in [-0.15, -0.1) is 11.3 Å². The maximum Gasteiger partial charge on any atom is 0.197 e. The molecule has 5 rings (SSSR count). The van der Waals surface area contributed by atoms with Gasteiger partial charge >= 0.3 is 0 Å². The van der Waals surface area contributed by atoms with Crippen LogP contribution in [0.2, 0.25) is 0 Å². The smallest absolute Gasteiger partial charge is 0.197 e. The lowest BCUT2D eigenvalue weighted by atomic mass is 10.1. The fourth-order valence-electron chi connectivity index (χ4n) is 3.68. The molecule has 0 radical (unpaired) electrons. The normalized spacial score (nSPS) is 13.4. The molecule has 29 heavy (non-hydrogen) atoms. The first-order chi connectivity index (χ1) is 13.9. The van der Waals surface area contributed by atoms with Gasteiger partial charge < -0.3 is 4.57 Å². The number of nitrogens with zero attached hydrogens (tertiary/aromatic N) is 1. The number of halogens is 2. The molecule has 2 aromatic heterocycles. The molecule has 0 amide bonds. The number of carbonyl (C=O) groups is 2. The molecule has 0 atom stereocenters. The van der Waals surface area contributed by atoms with Gasteiger partial charge in [0.2, 0.25) is 0 Å². The lowest BCUT2D eigenvalue weighted by molar-refractivity contribution is 0.0990. The summed E-state index contributed by atoms with van der Waals surface area (Å²) in [5.74, 6) is -3.43. The van der Waals surface area contributed by atoms with Crippen molar-refractivity contribution >= 4 is 39.2 Å². The summed E-state index contributed by atoms with van der Waals surface area (Å²) >= 11 is 1.45. The van der Waals surface area contributed by atoms with Crippen LogP contribution >= 0.6 is 11.3 Å². The van der Waals surface area contributed by atoms with Gasteiger partial charge in [0.05, 0.1) is 15.8 Å². The Bertz CT molecular complexity index is 1320. The minimum atomic E-state index is -1.14. The van der Waals surface area contributed by atoms with Gasteiger partial charge in [0.15, 0.2) is 23.2 Å². The highest BCUT2D eigenvalue weighted by atomic mass is 32.1. The van der Waals surface area contributed by atoms with E-state index in [1.165, 1.54) is 17.4 Å². The molecule has 0 saturated heterocycles. The van der Waals surface area contributed by atoms with Crippen LogP contribution in [0.1, 0.15) is 25.6 Å². The molecule has 2 aromatic carbocycles. The Kier molecular flexibility index (Phi) is 3.86. The Morgan fingerprint density at radius 1 is 0.897 bits per heavy atom. The fourth-order valence-corrected chi connectivity index (χ4v) is 4.75. The predicted molar refractivity (Wildman–Crippen MR) is 109 cm³/mol. The van der Waals surface area contributed by atoms with E-state index in [9.17, 15) is 18.4 Å². The number of aromatic nitrogens is 1. The number of hydrogen-bond donors (Lipinski definition) is 0. The van der Waals surface area contributed by atoms with Crippen LogP contribution in [-0.2, 0) is 7.05 Å². The van der Waals surface area contributed by atoms with E-state index in [1.807, 2.05) is 43.4 Å². The van der Waals surface area contributed by atoms with Crippen LogP contribution in [0.5, 0.6) is 0 Å². The average molecular weight is 405 g/mol. The van der Waals surface area contributed by atoms with Crippen LogP contribution in [-0.4, -0.2) is 16.1 Å². The van der Waals surface area contributed by atoms with Crippen molar-refractivity contribution in [2.45, 2.75) is 0 Å². The molecule has 0 aliphatic heterocycles. The number of hydrogen-bond acceptors (Lipinski definition) is 3. The number of rotatable bonds is 2. The minimum absolute atomic E-state index is 0.0696. The van der Waals surface area contributed by atoms with E-state index in [0.717, 1.165) is 38.5 Å². The number of carbonyl (C=O) groups excluding carboxylic acids is 2. The first kappa shape index (κ1) is 17.7. The highest BCUT2D eigenvalue weighted by Gasteiger charge is 2.34. The first-order valence-electron chi connectivity index (χ1n) is 8.89. The first-order valence-corrected chi connectivity index (χ1v) is 9.70. The summed E-state index contributed by atoms with van der Waals surface area (Å²) in [5.41, 5.74) is 2.89. The van der Waals surface area contributed by atoms with Gasteiger partial charge in [-0.2, -0.15) is 0 Å². The summed E-state index contributed by atoms with van der Waals surface area (Å²) in [5, 5.41) is 0. The molecule has 0 saturated carbocycles. The van der Waals surface area contributed by atoms with Crippen LogP contribution in [0.3, 0.4) is 0 Å². The van der Waals surface area contributed by atoms with Crippen molar-refractivity contribution in [2.75, 3.05) is 0 Å². The van der Waals surface area contributed by atoms with Gasteiger partial charge in [-0.25, -0.2) is 8.78 Å². The second kappa shape index (κ2) is 6.32. The molecule has 6 heteroatoms. The second-order valence-corrected chi connectivity index (χ2v) is 8.00. The number of Topliss-reactive ketones (excluding diaryl/α,β-unsaturated/α-hetero) is 2. The number of benzene rings is 2. The summed E-state index contributed by atoms with van der Waals surface area (Å²) in [7, 11) is 1.96. The Labute approximate surface area is 168 Å². The molecular weight excluding hydrogens is 392 g/mol. The van der Waals surface area contributed by atoms with Crippen molar-refractivity contribution in [1.29, 1.82) is 0 Å². The van der Waals surface area contributed by atoms with Gasteiger partial charge in [0, 0.05) is 28.7 Å². The molecule has 142 valence electrons. The third-order valence-corrected chi connectivity index (χ3v) is 6.16. The zero-order valence-electron chi connectivity index (χ0n) is 15.2. The quantitative estimate of drug-likeness (QED) is 0.319. The largest absolute Gasteiger partial charge is 0.343 e. The van der Waals surface area contributed by atoms with Crippen LogP contribution in [0.25, 0.3) is 27.6 Å². The van der Waals surface area contributed by atoms with E-state index in [4.69, 9.17) is 0 Å². The van der Waals surface area contributed by atoms with E-state index in [1.54, 1.807) is 0 Å². The van der Waals surface area contributed by atoms with E-state index in [2.05, 4.69) is 10.6 Å². The van der Waals surface area contributed by atoms with E-state index in [0.29, 0.717) is 0 Å². The maximum atomic E-state index is 13.5. The van der Waals surface area contributed by atoms with Crippen molar-refractivity contribution in [3.63, 3.8) is 0 Å². The lowest BCUT2D eigenvalue weighted by Gasteiger charge is -2.03. The number of fused-ring (bicyclic) bond motifs is 2. The van der Waals surface area contributed by atoms with Crippen LogP contribution < -0.4 is 0 Å². The maximum absolute atomic E-state index is 13.5. The van der Waals surface area contributed by atoms with Crippen molar-refractivity contribution in [3.05, 3.63) is 87.8 Å². The van der Waals surface area contributed by atoms with Crippen LogP contribution in [0.15, 0.2) is 60.2 Å². The molecule has 3 nitrogen and oxygen atoms in total. The van der Waals surface area contributed by atoms with Crippen molar-refractivity contribution in [2.24, 2.45) is 7.05 Å². The molecule has 0 unspecified atom stereocenters. The third kappa shape index (κ3) is 2.68. The number of thiophene rings is 1. The lowest BCUT2D eigenvalue weighted by Crippen LogP contribution is -1.99. The molecule has 0 bridgehead atoms. The van der Waals surface area contributed by atoms with E-state index >= 15 is 0 Å². The minimum Gasteiger partial charge on any atom is -0.343 e. The van der Waals surface area contributed by atoms with Gasteiger partial charge in [0.1, 0.15) is 0 Å². The SMILES string of the molecule is Cn1c(-c2ccccc2)cc2sc(C=C3C(=O)c4cc(F)c(F)cc4C3=O)cc21. The van der Waals surface area contributed by atoms with Gasteiger partial charge in [-0.3, -0.25) is 9.59 Å². The van der Waals surface area contributed by atoms with Crippen LogP contribution in [0, 0.1) is 11.6 Å². The second-order valence-electron chi connectivity index (χ2n) is 6.88. The molecule has 0 N–H and O–H groups in total. The highest BCUT2D eigenvalue weighted by Crippen LogP contribution is 2.36. The van der Waals surface area contributed by atoms with Gasteiger partial charge in [0.25, 0.3) is 0 Å². The zero-order chi connectivity index (χ0) is 20.3. The molecule has 1 aliphatic rings. The Hall–Kier alpha value is -3.38. The molecule has 0 fully saturated rings. The Balaban J connectivity index is 1.56. The van der Waals surface area contributed by atoms with E-state index in [-0.39, 0.29) is 16.7 Å². The summed E-state index contributed by atoms with van der Waals surface area (Å²) in [4.78, 5) is 25.8. The molecule has 0 spiro atoms. The topological polar surface area (TPSA) is 39.1 Å². The Morgan fingerprint density at radius 2 is 1.52 bits per heavy atom. The third-order valence-electron chi connectivity index (χ3n) is 5.14. The summed E-state index contributed by atoms with van der Waals surface area (Å²) in [6, 6.07) is 15.6. The number of ketones is 2. The van der Waals surface area contributed by atoms with E-state index < -0.39 is 23.2 Å². The van der Waals surface area contributed by atoms with Crippen LogP contribution in [0.4, 0.5) is 8.78 Å². The highest BCUT2D eigenvalue weighted by molar-refractivity contribution is 7.19. The van der Waals surface area contributed by atoms with Crippen molar-refractivity contribution < 1.29 is 18.4 Å². The predicted octanol–water partition coefficient (Wildman–Crippen LogP) is 5.65. The zero-order valence-corrected chi connectivity index (χ0v) is 16.0. The van der Waals surface area contributed by atoms with Crippen molar-refractivity contribution in [1.82, 2.24) is 4.57 Å². The molecular formula is C23H13F2NO2S. The molecule has 1 aliphatic carbocycles. The van der Waals surface area contributed by atoms with Gasteiger partial charge in [-0.1, -0.05) is 30.3 Å². The van der Waals surface area contributed by atoms with Crippen molar-refractivity contribution in [3.8, 4) is 11.3 Å². The average Bonchev–Trinajstić information content (AvgIpc) is 3.32. The number of allylic oxidation sites excluding steroid dienone is 1. The Morgan fingerprint density at radius 3 is 2.10 bits per heavy atom. The standard InChI is InChI=1S/C23H13F2NO2S/c1-26-19(12-5-3-2-4-6-12)11-21-20(26)8-13(29-21)7-16-22(27)14-9-17(24)18(25)10-15(14)23(16)28/h2-11H,1H3.